The topological polar surface area (TPSA) is 95.9 Å². The van der Waals surface area contributed by atoms with Gasteiger partial charge in [0.1, 0.15) is 13.2 Å². The molecule has 0 unspecified atom stereocenters. The van der Waals surface area contributed by atoms with Crippen LogP contribution in [0.5, 0.6) is 0 Å². The third kappa shape index (κ3) is 5.41. The molecule has 0 aliphatic carbocycles. The molecule has 0 aromatic heterocycles. The van der Waals surface area contributed by atoms with Crippen molar-refractivity contribution < 1.29 is 24.2 Å². The number of fused-ring (bicyclic) bond motifs is 2. The first-order chi connectivity index (χ1) is 14.1. The van der Waals surface area contributed by atoms with Crippen LogP contribution in [-0.2, 0) is 9.53 Å². The summed E-state index contributed by atoms with van der Waals surface area (Å²) in [5.74, 6) is 0.345. The lowest BCUT2D eigenvalue weighted by Crippen LogP contribution is -2.41. The van der Waals surface area contributed by atoms with Crippen molar-refractivity contribution in [1.82, 2.24) is 5.32 Å². The van der Waals surface area contributed by atoms with Crippen LogP contribution in [0.1, 0.15) is 11.1 Å². The molecule has 0 saturated heterocycles. The zero-order valence-electron chi connectivity index (χ0n) is 15.2. The lowest BCUT2D eigenvalue weighted by molar-refractivity contribution is -0.113. The SMILES string of the molecule is O=C(NC(=O)N1c2ccccc2C=Cc2ccccc21)OCCSSC(=O)CO. The average molecular weight is 431 g/mol. The number of aliphatic hydroxyl groups excluding tert-OH is 1. The third-order valence-electron chi connectivity index (χ3n) is 3.89. The highest BCUT2D eigenvalue weighted by molar-refractivity contribution is 8.82. The Balaban J connectivity index is 1.67. The molecule has 29 heavy (non-hydrogen) atoms. The molecule has 1 aliphatic heterocycles. The van der Waals surface area contributed by atoms with Crippen LogP contribution in [0.3, 0.4) is 0 Å². The van der Waals surface area contributed by atoms with Crippen LogP contribution < -0.4 is 10.2 Å². The number of amides is 3. The van der Waals surface area contributed by atoms with E-state index in [4.69, 9.17) is 9.84 Å². The summed E-state index contributed by atoms with van der Waals surface area (Å²) >= 11 is 0. The Morgan fingerprint density at radius 3 is 2.14 bits per heavy atom. The smallest absolute Gasteiger partial charge is 0.415 e. The van der Waals surface area contributed by atoms with Gasteiger partial charge in [-0.1, -0.05) is 59.3 Å². The number of nitrogens with zero attached hydrogens (tertiary/aromatic N) is 1. The summed E-state index contributed by atoms with van der Waals surface area (Å²) in [6, 6.07) is 14.1. The zero-order chi connectivity index (χ0) is 20.6. The molecule has 1 heterocycles. The Morgan fingerprint density at radius 1 is 0.966 bits per heavy atom. The molecule has 0 spiro atoms. The first kappa shape index (κ1) is 21.0. The molecule has 150 valence electrons. The zero-order valence-corrected chi connectivity index (χ0v) is 16.9. The third-order valence-corrected chi connectivity index (χ3v) is 6.07. The second-order valence-electron chi connectivity index (χ2n) is 5.79. The van der Waals surface area contributed by atoms with Crippen LogP contribution >= 0.6 is 21.6 Å². The molecule has 3 rings (SSSR count). The summed E-state index contributed by atoms with van der Waals surface area (Å²) in [4.78, 5) is 37.4. The number of carbonyl (C=O) groups excluding carboxylic acids is 3. The van der Waals surface area contributed by atoms with Crippen LogP contribution in [0.2, 0.25) is 0 Å². The number of alkyl carbamates (subject to hydrolysis) is 1. The standard InChI is InChI=1S/C20H18N2O5S2/c23-13-18(24)29-28-12-11-27-20(26)21-19(25)22-16-7-3-1-5-14(16)9-10-15-6-2-4-8-17(15)22/h1-10,23H,11-13H2,(H,21,25,26). The molecule has 3 amide bonds. The van der Waals surface area contributed by atoms with E-state index in [1.165, 1.54) is 4.90 Å². The predicted octanol–water partition coefficient (Wildman–Crippen LogP) is 4.06. The molecule has 9 heteroatoms. The monoisotopic (exact) mass is 430 g/mol. The van der Waals surface area contributed by atoms with Crippen LogP contribution in [-0.4, -0.2) is 41.3 Å². The Kier molecular flexibility index (Phi) is 7.34. The average Bonchev–Trinajstić information content (AvgIpc) is 2.90. The summed E-state index contributed by atoms with van der Waals surface area (Å²) in [7, 11) is 2.04. The number of para-hydroxylation sites is 2. The van der Waals surface area contributed by atoms with Gasteiger partial charge >= 0.3 is 12.1 Å². The van der Waals surface area contributed by atoms with Gasteiger partial charge in [-0.05, 0) is 34.1 Å². The van der Waals surface area contributed by atoms with Crippen molar-refractivity contribution in [3.63, 3.8) is 0 Å². The fourth-order valence-electron chi connectivity index (χ4n) is 2.67. The van der Waals surface area contributed by atoms with Crippen molar-refractivity contribution >= 4 is 62.4 Å². The van der Waals surface area contributed by atoms with Gasteiger partial charge in [0.2, 0.25) is 5.12 Å². The van der Waals surface area contributed by atoms with Crippen LogP contribution in [0, 0.1) is 0 Å². The van der Waals surface area contributed by atoms with Crippen molar-refractivity contribution in [2.45, 2.75) is 0 Å². The fraction of sp³-hybridized carbons (Fsp3) is 0.150. The number of nitrogens with one attached hydrogen (secondary N) is 1. The van der Waals surface area contributed by atoms with Crippen molar-refractivity contribution in [3.05, 3.63) is 59.7 Å². The summed E-state index contributed by atoms with van der Waals surface area (Å²) in [6.07, 6.45) is 2.96. The number of aliphatic hydroxyl groups is 1. The largest absolute Gasteiger partial charge is 0.448 e. The Morgan fingerprint density at radius 2 is 1.55 bits per heavy atom. The molecular weight excluding hydrogens is 412 g/mol. The molecular formula is C20H18N2O5S2. The summed E-state index contributed by atoms with van der Waals surface area (Å²) in [5, 5.41) is 10.5. The first-order valence-electron chi connectivity index (χ1n) is 8.67. The van der Waals surface area contributed by atoms with E-state index in [1.54, 1.807) is 12.1 Å². The fourth-order valence-corrected chi connectivity index (χ4v) is 4.10. The van der Waals surface area contributed by atoms with E-state index in [1.807, 2.05) is 48.6 Å². The van der Waals surface area contributed by atoms with Gasteiger partial charge in [-0.25, -0.2) is 14.9 Å². The maximum absolute atomic E-state index is 12.9. The van der Waals surface area contributed by atoms with Gasteiger partial charge in [-0.15, -0.1) is 0 Å². The highest BCUT2D eigenvalue weighted by Gasteiger charge is 2.25. The van der Waals surface area contributed by atoms with Crippen molar-refractivity contribution in [2.75, 3.05) is 23.9 Å². The van der Waals surface area contributed by atoms with Gasteiger partial charge in [-0.3, -0.25) is 9.69 Å². The molecule has 2 N–H and O–H groups in total. The van der Waals surface area contributed by atoms with Crippen molar-refractivity contribution in [1.29, 1.82) is 0 Å². The van der Waals surface area contributed by atoms with E-state index >= 15 is 0 Å². The van der Waals surface area contributed by atoms with E-state index in [9.17, 15) is 14.4 Å². The number of rotatable bonds is 5. The van der Waals surface area contributed by atoms with Crippen LogP contribution in [0.4, 0.5) is 21.0 Å². The van der Waals surface area contributed by atoms with Gasteiger partial charge in [0.05, 0.1) is 11.4 Å². The minimum absolute atomic E-state index is 0.0181. The first-order valence-corrected chi connectivity index (χ1v) is 11.0. The molecule has 0 bridgehead atoms. The van der Waals surface area contributed by atoms with Gasteiger partial charge in [0, 0.05) is 5.75 Å². The van der Waals surface area contributed by atoms with Gasteiger partial charge in [0.25, 0.3) is 0 Å². The van der Waals surface area contributed by atoms with E-state index < -0.39 is 18.7 Å². The summed E-state index contributed by atoms with van der Waals surface area (Å²) in [5.41, 5.74) is 2.98. The molecule has 0 fully saturated rings. The highest BCUT2D eigenvalue weighted by atomic mass is 33.1. The number of urea groups is 1. The number of benzene rings is 2. The van der Waals surface area contributed by atoms with Crippen molar-refractivity contribution in [3.8, 4) is 0 Å². The van der Waals surface area contributed by atoms with Gasteiger partial charge in [0.15, 0.2) is 0 Å². The van der Waals surface area contributed by atoms with Crippen molar-refractivity contribution in [2.24, 2.45) is 0 Å². The number of carbonyl (C=O) groups is 3. The number of ether oxygens (including phenoxy) is 1. The molecule has 1 aliphatic rings. The normalized spacial score (nSPS) is 11.8. The highest BCUT2D eigenvalue weighted by Crippen LogP contribution is 2.36. The predicted molar refractivity (Wildman–Crippen MR) is 116 cm³/mol. The quantitative estimate of drug-likeness (QED) is 0.546. The van der Waals surface area contributed by atoms with Crippen LogP contribution in [0.25, 0.3) is 12.2 Å². The van der Waals surface area contributed by atoms with E-state index in [2.05, 4.69) is 5.32 Å². The number of hydrogen-bond acceptors (Lipinski definition) is 7. The van der Waals surface area contributed by atoms with E-state index in [0.717, 1.165) is 32.7 Å². The van der Waals surface area contributed by atoms with Gasteiger partial charge < -0.3 is 9.84 Å². The summed E-state index contributed by atoms with van der Waals surface area (Å²) < 4.78 is 5.01. The maximum Gasteiger partial charge on any atom is 0.415 e. The number of hydrogen-bond donors (Lipinski definition) is 2. The summed E-state index contributed by atoms with van der Waals surface area (Å²) in [6.45, 7) is -0.522. The molecule has 2 aromatic carbocycles. The maximum atomic E-state index is 12.9. The van der Waals surface area contributed by atoms with Crippen LogP contribution in [0.15, 0.2) is 48.5 Å². The Labute approximate surface area is 175 Å². The minimum Gasteiger partial charge on any atom is -0.448 e. The Bertz CT molecular complexity index is 898. The van der Waals surface area contributed by atoms with E-state index in [0.29, 0.717) is 17.1 Å². The Hall–Kier alpha value is -2.75. The number of anilines is 2. The molecule has 0 atom stereocenters. The van der Waals surface area contributed by atoms with Gasteiger partial charge in [-0.2, -0.15) is 0 Å². The molecule has 0 saturated carbocycles. The molecule has 0 radical (unpaired) electrons. The minimum atomic E-state index is -0.874. The lowest BCUT2D eigenvalue weighted by Gasteiger charge is -2.24. The number of imide groups is 1. The van der Waals surface area contributed by atoms with E-state index in [-0.39, 0.29) is 11.7 Å². The second-order valence-corrected chi connectivity index (χ2v) is 8.26. The second kappa shape index (κ2) is 10.1. The molecule has 2 aromatic rings. The molecule has 7 nitrogen and oxygen atoms in total. The lowest BCUT2D eigenvalue weighted by atomic mass is 10.1.